The molecule has 4 nitrogen and oxygen atoms in total. The zero-order chi connectivity index (χ0) is 13.9. The molecule has 0 aliphatic heterocycles. The molecule has 1 amide bonds. The lowest BCUT2D eigenvalue weighted by Crippen LogP contribution is -2.34. The second-order valence-corrected chi connectivity index (χ2v) is 5.21. The number of hydrogen-bond acceptors (Lipinski definition) is 3. The number of anilines is 1. The Labute approximate surface area is 108 Å². The average molecular weight is 251 g/mol. The standard InChI is InChI=1S/C14H21NO3/c1-6-10-9-11(7-8-12(10)16)15(5)13(17)18-14(2,3)4/h7-9,16H,6H2,1-5H3. The topological polar surface area (TPSA) is 49.8 Å². The minimum absolute atomic E-state index is 0.249. The fourth-order valence-corrected chi connectivity index (χ4v) is 1.50. The SMILES string of the molecule is CCc1cc(N(C)C(=O)OC(C)(C)C)ccc1O. The predicted octanol–water partition coefficient (Wildman–Crippen LogP) is 3.33. The van der Waals surface area contributed by atoms with Gasteiger partial charge in [0.2, 0.25) is 0 Å². The molecule has 0 bridgehead atoms. The maximum Gasteiger partial charge on any atom is 0.414 e. The van der Waals surface area contributed by atoms with Crippen molar-refractivity contribution in [1.29, 1.82) is 0 Å². The number of rotatable bonds is 2. The van der Waals surface area contributed by atoms with E-state index in [1.54, 1.807) is 25.2 Å². The highest BCUT2D eigenvalue weighted by atomic mass is 16.6. The van der Waals surface area contributed by atoms with E-state index in [1.807, 2.05) is 27.7 Å². The molecular weight excluding hydrogens is 230 g/mol. The molecule has 0 spiro atoms. The van der Waals surface area contributed by atoms with E-state index >= 15 is 0 Å². The third-order valence-corrected chi connectivity index (χ3v) is 2.50. The number of benzene rings is 1. The smallest absolute Gasteiger partial charge is 0.414 e. The second-order valence-electron chi connectivity index (χ2n) is 5.21. The molecule has 0 aliphatic rings. The molecule has 1 N–H and O–H groups in total. The molecule has 100 valence electrons. The van der Waals surface area contributed by atoms with Crippen LogP contribution < -0.4 is 4.90 Å². The van der Waals surface area contributed by atoms with Crippen LogP contribution in [0.25, 0.3) is 0 Å². The van der Waals surface area contributed by atoms with Crippen LogP contribution in [0, 0.1) is 0 Å². The third-order valence-electron chi connectivity index (χ3n) is 2.50. The minimum Gasteiger partial charge on any atom is -0.508 e. The van der Waals surface area contributed by atoms with E-state index in [4.69, 9.17) is 4.74 Å². The number of nitrogens with zero attached hydrogens (tertiary/aromatic N) is 1. The molecule has 0 atom stereocenters. The maximum atomic E-state index is 11.9. The van der Waals surface area contributed by atoms with Crippen LogP contribution >= 0.6 is 0 Å². The van der Waals surface area contributed by atoms with Gasteiger partial charge in [-0.2, -0.15) is 0 Å². The van der Waals surface area contributed by atoms with E-state index < -0.39 is 11.7 Å². The van der Waals surface area contributed by atoms with Crippen molar-refractivity contribution in [2.24, 2.45) is 0 Å². The first-order valence-corrected chi connectivity index (χ1v) is 6.03. The summed E-state index contributed by atoms with van der Waals surface area (Å²) >= 11 is 0. The molecule has 0 unspecified atom stereocenters. The summed E-state index contributed by atoms with van der Waals surface area (Å²) in [5.74, 6) is 0.249. The first kappa shape index (κ1) is 14.4. The van der Waals surface area contributed by atoms with Crippen LogP contribution in [0.15, 0.2) is 18.2 Å². The molecule has 0 aliphatic carbocycles. The molecule has 0 saturated carbocycles. The van der Waals surface area contributed by atoms with Crippen molar-refractivity contribution in [3.63, 3.8) is 0 Å². The van der Waals surface area contributed by atoms with E-state index in [1.165, 1.54) is 4.90 Å². The van der Waals surface area contributed by atoms with E-state index in [0.717, 1.165) is 5.56 Å². The number of carbonyl (C=O) groups is 1. The summed E-state index contributed by atoms with van der Waals surface area (Å²) in [6, 6.07) is 5.08. The van der Waals surface area contributed by atoms with Crippen LogP contribution in [0.4, 0.5) is 10.5 Å². The van der Waals surface area contributed by atoms with E-state index in [9.17, 15) is 9.90 Å². The number of phenolic OH excluding ortho intramolecular Hbond substituents is 1. The van der Waals surface area contributed by atoms with Crippen LogP contribution in [0.5, 0.6) is 5.75 Å². The Morgan fingerprint density at radius 1 is 1.39 bits per heavy atom. The Bertz CT molecular complexity index is 435. The highest BCUT2D eigenvalue weighted by Crippen LogP contribution is 2.24. The molecule has 1 aromatic carbocycles. The molecule has 18 heavy (non-hydrogen) atoms. The van der Waals surface area contributed by atoms with Crippen molar-refractivity contribution in [3.8, 4) is 5.75 Å². The van der Waals surface area contributed by atoms with Crippen molar-refractivity contribution >= 4 is 11.8 Å². The highest BCUT2D eigenvalue weighted by molar-refractivity contribution is 5.87. The molecule has 1 rings (SSSR count). The Morgan fingerprint density at radius 3 is 2.50 bits per heavy atom. The van der Waals surface area contributed by atoms with Crippen LogP contribution in [0.1, 0.15) is 33.3 Å². The molecule has 1 aromatic rings. The van der Waals surface area contributed by atoms with Gasteiger partial charge in [-0.3, -0.25) is 4.90 Å². The summed E-state index contributed by atoms with van der Waals surface area (Å²) in [5.41, 5.74) is 0.998. The lowest BCUT2D eigenvalue weighted by atomic mass is 10.1. The van der Waals surface area contributed by atoms with E-state index in [0.29, 0.717) is 12.1 Å². The fourth-order valence-electron chi connectivity index (χ4n) is 1.50. The lowest BCUT2D eigenvalue weighted by molar-refractivity contribution is 0.0589. The van der Waals surface area contributed by atoms with Crippen LogP contribution in [0.2, 0.25) is 0 Å². The minimum atomic E-state index is -0.518. The van der Waals surface area contributed by atoms with Crippen LogP contribution in [-0.2, 0) is 11.2 Å². The number of ether oxygens (including phenoxy) is 1. The van der Waals surface area contributed by atoms with Gasteiger partial charge in [-0.1, -0.05) is 6.92 Å². The number of phenols is 1. The molecule has 4 heteroatoms. The Hall–Kier alpha value is -1.71. The van der Waals surface area contributed by atoms with Crippen LogP contribution in [-0.4, -0.2) is 23.8 Å². The summed E-state index contributed by atoms with van der Waals surface area (Å²) in [6.07, 6.45) is 0.303. The first-order valence-electron chi connectivity index (χ1n) is 6.03. The van der Waals surface area contributed by atoms with Gasteiger partial charge >= 0.3 is 6.09 Å². The Balaban J connectivity index is 2.90. The summed E-state index contributed by atoms with van der Waals surface area (Å²) in [4.78, 5) is 13.3. The van der Waals surface area contributed by atoms with Crippen LogP contribution in [0.3, 0.4) is 0 Å². The van der Waals surface area contributed by atoms with Gasteiger partial charge in [-0.05, 0) is 51.0 Å². The molecule has 0 aromatic heterocycles. The highest BCUT2D eigenvalue weighted by Gasteiger charge is 2.20. The number of carbonyl (C=O) groups excluding carboxylic acids is 1. The van der Waals surface area contributed by atoms with Crippen molar-refractivity contribution in [2.45, 2.75) is 39.7 Å². The average Bonchev–Trinajstić information content (AvgIpc) is 2.26. The quantitative estimate of drug-likeness (QED) is 0.877. The largest absolute Gasteiger partial charge is 0.508 e. The number of hydrogen-bond donors (Lipinski definition) is 1. The Morgan fingerprint density at radius 2 is 2.00 bits per heavy atom. The van der Waals surface area contributed by atoms with E-state index in [-0.39, 0.29) is 5.75 Å². The van der Waals surface area contributed by atoms with Gasteiger partial charge < -0.3 is 9.84 Å². The molecule has 0 heterocycles. The summed E-state index contributed by atoms with van der Waals surface area (Å²) in [6.45, 7) is 7.43. The molecular formula is C14H21NO3. The zero-order valence-corrected chi connectivity index (χ0v) is 11.7. The summed E-state index contributed by atoms with van der Waals surface area (Å²) in [5, 5.41) is 9.61. The van der Waals surface area contributed by atoms with Crippen molar-refractivity contribution < 1.29 is 14.6 Å². The molecule has 0 saturated heterocycles. The number of aryl methyl sites for hydroxylation is 1. The van der Waals surface area contributed by atoms with Gasteiger partial charge in [0.25, 0.3) is 0 Å². The van der Waals surface area contributed by atoms with Gasteiger partial charge in [-0.25, -0.2) is 4.79 Å². The zero-order valence-electron chi connectivity index (χ0n) is 11.7. The van der Waals surface area contributed by atoms with Crippen molar-refractivity contribution in [1.82, 2.24) is 0 Å². The molecule has 0 radical (unpaired) electrons. The van der Waals surface area contributed by atoms with Gasteiger partial charge in [-0.15, -0.1) is 0 Å². The normalized spacial score (nSPS) is 11.2. The monoisotopic (exact) mass is 251 g/mol. The summed E-state index contributed by atoms with van der Waals surface area (Å²) < 4.78 is 5.28. The summed E-state index contributed by atoms with van der Waals surface area (Å²) in [7, 11) is 1.65. The lowest BCUT2D eigenvalue weighted by Gasteiger charge is -2.25. The van der Waals surface area contributed by atoms with Crippen molar-refractivity contribution in [2.75, 3.05) is 11.9 Å². The van der Waals surface area contributed by atoms with Gasteiger partial charge in [0.15, 0.2) is 0 Å². The third kappa shape index (κ3) is 3.65. The number of aromatic hydroxyl groups is 1. The first-order chi connectivity index (χ1) is 8.24. The van der Waals surface area contributed by atoms with Gasteiger partial charge in [0.1, 0.15) is 11.4 Å². The number of amides is 1. The predicted molar refractivity (Wildman–Crippen MR) is 72.1 cm³/mol. The van der Waals surface area contributed by atoms with Gasteiger partial charge in [0.05, 0.1) is 0 Å². The maximum absolute atomic E-state index is 11.9. The van der Waals surface area contributed by atoms with Crippen molar-refractivity contribution in [3.05, 3.63) is 23.8 Å². The fraction of sp³-hybridized carbons (Fsp3) is 0.500. The molecule has 0 fully saturated rings. The van der Waals surface area contributed by atoms with E-state index in [2.05, 4.69) is 0 Å². The second kappa shape index (κ2) is 5.29. The Kier molecular flexibility index (Phi) is 4.22. The van der Waals surface area contributed by atoms with Gasteiger partial charge in [0, 0.05) is 12.7 Å².